The van der Waals surface area contributed by atoms with E-state index in [9.17, 15) is 14.7 Å². The standard InChI is InChI=1S/C14H26N2O3/c1-4-7-15-12(17)10-16-8-5-6-11(9-16)14(2,3)13(18)19/h11H,4-10H2,1-3H3,(H,15,17)(H,18,19). The quantitative estimate of drug-likeness (QED) is 0.764. The molecule has 0 bridgehead atoms. The molecular formula is C14H26N2O3. The summed E-state index contributed by atoms with van der Waals surface area (Å²) in [5.41, 5.74) is -0.724. The van der Waals surface area contributed by atoms with Crippen LogP contribution < -0.4 is 5.32 Å². The monoisotopic (exact) mass is 270 g/mol. The summed E-state index contributed by atoms with van der Waals surface area (Å²) in [6.45, 7) is 8.24. The molecular weight excluding hydrogens is 244 g/mol. The number of likely N-dealkylation sites (tertiary alicyclic amines) is 1. The Labute approximate surface area is 115 Å². The Morgan fingerprint density at radius 1 is 1.42 bits per heavy atom. The van der Waals surface area contributed by atoms with E-state index in [-0.39, 0.29) is 11.8 Å². The number of carbonyl (C=O) groups excluding carboxylic acids is 1. The van der Waals surface area contributed by atoms with Crippen LogP contribution in [0.1, 0.15) is 40.0 Å². The van der Waals surface area contributed by atoms with Crippen LogP contribution in [0.5, 0.6) is 0 Å². The normalized spacial score (nSPS) is 21.1. The van der Waals surface area contributed by atoms with Gasteiger partial charge in [-0.2, -0.15) is 0 Å². The van der Waals surface area contributed by atoms with Crippen molar-refractivity contribution in [2.24, 2.45) is 11.3 Å². The van der Waals surface area contributed by atoms with Crippen LogP contribution in [0, 0.1) is 11.3 Å². The van der Waals surface area contributed by atoms with Gasteiger partial charge in [-0.25, -0.2) is 0 Å². The van der Waals surface area contributed by atoms with Crippen molar-refractivity contribution in [2.75, 3.05) is 26.2 Å². The minimum Gasteiger partial charge on any atom is -0.481 e. The number of rotatable bonds is 6. The molecule has 0 spiro atoms. The van der Waals surface area contributed by atoms with Crippen LogP contribution in [0.25, 0.3) is 0 Å². The van der Waals surface area contributed by atoms with E-state index in [4.69, 9.17) is 0 Å². The average Bonchev–Trinajstić information content (AvgIpc) is 2.36. The van der Waals surface area contributed by atoms with Gasteiger partial charge in [0.15, 0.2) is 0 Å². The molecule has 0 aliphatic carbocycles. The topological polar surface area (TPSA) is 69.6 Å². The molecule has 1 fully saturated rings. The van der Waals surface area contributed by atoms with Gasteiger partial charge >= 0.3 is 5.97 Å². The number of aliphatic carboxylic acids is 1. The molecule has 110 valence electrons. The van der Waals surface area contributed by atoms with E-state index in [1.165, 1.54) is 0 Å². The van der Waals surface area contributed by atoms with E-state index in [0.29, 0.717) is 19.6 Å². The summed E-state index contributed by atoms with van der Waals surface area (Å²) < 4.78 is 0. The number of carboxylic acids is 1. The van der Waals surface area contributed by atoms with Gasteiger partial charge in [0.1, 0.15) is 0 Å². The molecule has 0 radical (unpaired) electrons. The number of hydrogen-bond donors (Lipinski definition) is 2. The largest absolute Gasteiger partial charge is 0.481 e. The summed E-state index contributed by atoms with van der Waals surface area (Å²) in [6.07, 6.45) is 2.81. The van der Waals surface area contributed by atoms with Crippen molar-refractivity contribution in [2.45, 2.75) is 40.0 Å². The van der Waals surface area contributed by atoms with Gasteiger partial charge in [-0.15, -0.1) is 0 Å². The molecule has 1 atom stereocenters. The van der Waals surface area contributed by atoms with Crippen LogP contribution in [-0.2, 0) is 9.59 Å². The Balaban J connectivity index is 2.50. The van der Waals surface area contributed by atoms with Crippen LogP contribution in [0.3, 0.4) is 0 Å². The fourth-order valence-corrected chi connectivity index (χ4v) is 2.49. The number of carbonyl (C=O) groups is 2. The highest BCUT2D eigenvalue weighted by Gasteiger charge is 2.39. The smallest absolute Gasteiger partial charge is 0.309 e. The van der Waals surface area contributed by atoms with Crippen LogP contribution in [0.15, 0.2) is 0 Å². The van der Waals surface area contributed by atoms with Gasteiger partial charge in [0.2, 0.25) is 5.91 Å². The van der Waals surface area contributed by atoms with Crippen molar-refractivity contribution in [1.29, 1.82) is 0 Å². The first kappa shape index (κ1) is 16.0. The van der Waals surface area contributed by atoms with E-state index < -0.39 is 11.4 Å². The van der Waals surface area contributed by atoms with Gasteiger partial charge in [-0.05, 0) is 45.6 Å². The summed E-state index contributed by atoms with van der Waals surface area (Å²) in [5, 5.41) is 12.1. The molecule has 1 amide bonds. The lowest BCUT2D eigenvalue weighted by molar-refractivity contribution is -0.151. The number of piperidine rings is 1. The summed E-state index contributed by atoms with van der Waals surface area (Å²) in [7, 11) is 0. The Bertz CT molecular complexity index is 329. The number of carboxylic acid groups (broad SMARTS) is 1. The first-order chi connectivity index (χ1) is 8.87. The zero-order chi connectivity index (χ0) is 14.5. The molecule has 1 aliphatic heterocycles. The first-order valence-corrected chi connectivity index (χ1v) is 7.10. The van der Waals surface area contributed by atoms with Crippen molar-refractivity contribution in [3.8, 4) is 0 Å². The highest BCUT2D eigenvalue weighted by atomic mass is 16.4. The molecule has 2 N–H and O–H groups in total. The lowest BCUT2D eigenvalue weighted by atomic mass is 9.74. The van der Waals surface area contributed by atoms with E-state index in [0.717, 1.165) is 25.8 Å². The number of nitrogens with one attached hydrogen (secondary N) is 1. The highest BCUT2D eigenvalue weighted by molar-refractivity contribution is 5.78. The second-order valence-electron chi connectivity index (χ2n) is 5.95. The highest BCUT2D eigenvalue weighted by Crippen LogP contribution is 2.34. The van der Waals surface area contributed by atoms with Gasteiger partial charge in [-0.3, -0.25) is 14.5 Å². The van der Waals surface area contributed by atoms with E-state index >= 15 is 0 Å². The summed E-state index contributed by atoms with van der Waals surface area (Å²) >= 11 is 0. The minimum atomic E-state index is -0.755. The number of amides is 1. The summed E-state index contributed by atoms with van der Waals surface area (Å²) in [4.78, 5) is 25.1. The Morgan fingerprint density at radius 3 is 2.68 bits per heavy atom. The molecule has 1 unspecified atom stereocenters. The van der Waals surface area contributed by atoms with Crippen LogP contribution >= 0.6 is 0 Å². The number of nitrogens with zero attached hydrogens (tertiary/aromatic N) is 1. The zero-order valence-electron chi connectivity index (χ0n) is 12.2. The van der Waals surface area contributed by atoms with Crippen LogP contribution in [0.2, 0.25) is 0 Å². The lowest BCUT2D eigenvalue weighted by Crippen LogP contribution is -2.47. The van der Waals surface area contributed by atoms with Crippen molar-refractivity contribution in [1.82, 2.24) is 10.2 Å². The molecule has 5 heteroatoms. The van der Waals surface area contributed by atoms with Crippen molar-refractivity contribution >= 4 is 11.9 Å². The summed E-state index contributed by atoms with van der Waals surface area (Å²) in [6, 6.07) is 0. The molecule has 0 aromatic heterocycles. The van der Waals surface area contributed by atoms with E-state index in [1.807, 2.05) is 6.92 Å². The van der Waals surface area contributed by atoms with Gasteiger partial charge in [0.25, 0.3) is 0 Å². The molecule has 1 aliphatic rings. The SMILES string of the molecule is CCCNC(=O)CN1CCCC(C(C)(C)C(=O)O)C1. The fourth-order valence-electron chi connectivity index (χ4n) is 2.49. The average molecular weight is 270 g/mol. The Kier molecular flexibility index (Phi) is 5.79. The first-order valence-electron chi connectivity index (χ1n) is 7.10. The predicted molar refractivity (Wildman–Crippen MR) is 73.9 cm³/mol. The van der Waals surface area contributed by atoms with E-state index in [1.54, 1.807) is 13.8 Å². The van der Waals surface area contributed by atoms with Gasteiger partial charge < -0.3 is 10.4 Å². The molecule has 1 rings (SSSR count). The van der Waals surface area contributed by atoms with Gasteiger partial charge in [0.05, 0.1) is 12.0 Å². The summed E-state index contributed by atoms with van der Waals surface area (Å²) in [5.74, 6) is -0.608. The third kappa shape index (κ3) is 4.49. The van der Waals surface area contributed by atoms with E-state index in [2.05, 4.69) is 10.2 Å². The molecule has 0 aromatic rings. The molecule has 5 nitrogen and oxygen atoms in total. The molecule has 1 heterocycles. The maximum absolute atomic E-state index is 11.7. The third-order valence-corrected chi connectivity index (χ3v) is 4.02. The Hall–Kier alpha value is -1.10. The molecule has 0 aromatic carbocycles. The molecule has 0 saturated carbocycles. The molecule has 19 heavy (non-hydrogen) atoms. The zero-order valence-corrected chi connectivity index (χ0v) is 12.2. The van der Waals surface area contributed by atoms with Crippen LogP contribution in [0.4, 0.5) is 0 Å². The minimum absolute atomic E-state index is 0.0376. The van der Waals surface area contributed by atoms with Gasteiger partial charge in [-0.1, -0.05) is 6.92 Å². The van der Waals surface area contributed by atoms with Crippen LogP contribution in [-0.4, -0.2) is 48.1 Å². The fraction of sp³-hybridized carbons (Fsp3) is 0.857. The second kappa shape index (κ2) is 6.89. The predicted octanol–water partition coefficient (Wildman–Crippen LogP) is 1.34. The molecule has 1 saturated heterocycles. The van der Waals surface area contributed by atoms with Crippen molar-refractivity contribution in [3.05, 3.63) is 0 Å². The maximum Gasteiger partial charge on any atom is 0.309 e. The number of hydrogen-bond acceptors (Lipinski definition) is 3. The Morgan fingerprint density at radius 2 is 2.11 bits per heavy atom. The second-order valence-corrected chi connectivity index (χ2v) is 5.95. The van der Waals surface area contributed by atoms with Crippen molar-refractivity contribution < 1.29 is 14.7 Å². The lowest BCUT2D eigenvalue weighted by Gasteiger charge is -2.38. The van der Waals surface area contributed by atoms with Crippen molar-refractivity contribution in [3.63, 3.8) is 0 Å². The maximum atomic E-state index is 11.7. The third-order valence-electron chi connectivity index (χ3n) is 4.02. The van der Waals surface area contributed by atoms with Gasteiger partial charge in [0, 0.05) is 13.1 Å².